The number of benzene rings is 2. The summed E-state index contributed by atoms with van der Waals surface area (Å²) in [5, 5.41) is 10.7. The number of pyridine rings is 1. The van der Waals surface area contributed by atoms with E-state index in [4.69, 9.17) is 11.6 Å². The van der Waals surface area contributed by atoms with E-state index in [1.807, 2.05) is 31.2 Å². The minimum absolute atomic E-state index is 0.222. The van der Waals surface area contributed by atoms with E-state index in [0.29, 0.717) is 21.6 Å². The van der Waals surface area contributed by atoms with Gasteiger partial charge in [-0.25, -0.2) is 9.78 Å². The van der Waals surface area contributed by atoms with Crippen molar-refractivity contribution in [2.45, 2.75) is 6.92 Å². The molecule has 1 aromatic heterocycles. The lowest BCUT2D eigenvalue weighted by atomic mass is 10.0. The first-order chi connectivity index (χ1) is 10.5. The Hall–Kier alpha value is -1.91. The molecule has 0 unspecified atom stereocenters. The van der Waals surface area contributed by atoms with Gasteiger partial charge in [0.15, 0.2) is 0 Å². The largest absolute Gasteiger partial charge is 0.478 e. The number of carboxylic acid groups (broad SMARTS) is 1. The molecule has 1 heterocycles. The van der Waals surface area contributed by atoms with E-state index in [0.717, 1.165) is 15.6 Å². The second-order valence-electron chi connectivity index (χ2n) is 4.94. The molecular formula is C17H11BrClNO2. The highest BCUT2D eigenvalue weighted by atomic mass is 79.9. The van der Waals surface area contributed by atoms with Crippen molar-refractivity contribution in [3.05, 3.63) is 63.1 Å². The van der Waals surface area contributed by atoms with Crippen LogP contribution in [-0.4, -0.2) is 16.1 Å². The summed E-state index contributed by atoms with van der Waals surface area (Å²) in [5.41, 5.74) is 3.07. The Bertz CT molecular complexity index is 909. The predicted molar refractivity (Wildman–Crippen MR) is 91.6 cm³/mol. The molecule has 0 bridgehead atoms. The summed E-state index contributed by atoms with van der Waals surface area (Å²) < 4.78 is 0.909. The third kappa shape index (κ3) is 2.60. The summed E-state index contributed by atoms with van der Waals surface area (Å²) in [5.74, 6) is -0.981. The number of hydrogen-bond donors (Lipinski definition) is 1. The zero-order valence-electron chi connectivity index (χ0n) is 11.6. The van der Waals surface area contributed by atoms with Crippen molar-refractivity contribution in [3.63, 3.8) is 0 Å². The second-order valence-corrected chi connectivity index (χ2v) is 6.26. The molecule has 22 heavy (non-hydrogen) atoms. The van der Waals surface area contributed by atoms with Gasteiger partial charge in [-0.2, -0.15) is 0 Å². The van der Waals surface area contributed by atoms with Gasteiger partial charge in [0.05, 0.1) is 16.8 Å². The molecule has 3 aromatic rings. The third-order valence-electron chi connectivity index (χ3n) is 3.52. The summed E-state index contributed by atoms with van der Waals surface area (Å²) in [6.45, 7) is 1.84. The number of halogens is 2. The SMILES string of the molecule is Cc1c(Cl)ccc2c(C(=O)O)cc(-c3cccc(Br)c3)nc12. The highest BCUT2D eigenvalue weighted by Crippen LogP contribution is 2.30. The Morgan fingerprint density at radius 1 is 1.23 bits per heavy atom. The van der Waals surface area contributed by atoms with Crippen molar-refractivity contribution in [1.29, 1.82) is 0 Å². The summed E-state index contributed by atoms with van der Waals surface area (Å²) in [6, 6.07) is 12.6. The number of carboxylic acids is 1. The number of fused-ring (bicyclic) bond motifs is 1. The highest BCUT2D eigenvalue weighted by Gasteiger charge is 2.15. The van der Waals surface area contributed by atoms with Gasteiger partial charge in [0.2, 0.25) is 0 Å². The van der Waals surface area contributed by atoms with Crippen LogP contribution in [0.15, 0.2) is 46.9 Å². The lowest BCUT2D eigenvalue weighted by Gasteiger charge is -2.10. The first-order valence-electron chi connectivity index (χ1n) is 6.56. The zero-order chi connectivity index (χ0) is 15.9. The third-order valence-corrected chi connectivity index (χ3v) is 4.42. The van der Waals surface area contributed by atoms with E-state index < -0.39 is 5.97 Å². The minimum atomic E-state index is -0.981. The van der Waals surface area contributed by atoms with Gasteiger partial charge in [-0.15, -0.1) is 0 Å². The lowest BCUT2D eigenvalue weighted by molar-refractivity contribution is 0.0699. The molecule has 3 rings (SSSR count). The summed E-state index contributed by atoms with van der Waals surface area (Å²) in [7, 11) is 0. The van der Waals surface area contributed by atoms with E-state index in [1.54, 1.807) is 18.2 Å². The maximum absolute atomic E-state index is 11.6. The molecule has 0 saturated carbocycles. The molecule has 3 nitrogen and oxygen atoms in total. The number of hydrogen-bond acceptors (Lipinski definition) is 2. The molecule has 2 aromatic carbocycles. The van der Waals surface area contributed by atoms with Crippen LogP contribution in [0, 0.1) is 6.92 Å². The van der Waals surface area contributed by atoms with Gasteiger partial charge in [-0.05, 0) is 36.8 Å². The fraction of sp³-hybridized carbons (Fsp3) is 0.0588. The van der Waals surface area contributed by atoms with Crippen molar-refractivity contribution in [2.75, 3.05) is 0 Å². The molecule has 0 spiro atoms. The molecule has 0 fully saturated rings. The van der Waals surface area contributed by atoms with Crippen molar-refractivity contribution in [1.82, 2.24) is 4.98 Å². The average molecular weight is 377 g/mol. The first kappa shape index (κ1) is 15.0. The van der Waals surface area contributed by atoms with Gasteiger partial charge in [0, 0.05) is 20.4 Å². The standard InChI is InChI=1S/C17H11BrClNO2/c1-9-14(19)6-5-12-13(17(21)22)8-15(20-16(9)12)10-3-2-4-11(18)7-10/h2-8H,1H3,(H,21,22). The molecule has 5 heteroatoms. The normalized spacial score (nSPS) is 10.9. The quantitative estimate of drug-likeness (QED) is 0.658. The van der Waals surface area contributed by atoms with Gasteiger partial charge in [0.1, 0.15) is 0 Å². The Balaban J connectivity index is 2.37. The van der Waals surface area contributed by atoms with Crippen LogP contribution in [0.5, 0.6) is 0 Å². The van der Waals surface area contributed by atoms with E-state index in [-0.39, 0.29) is 5.56 Å². The van der Waals surface area contributed by atoms with Crippen LogP contribution < -0.4 is 0 Å². The van der Waals surface area contributed by atoms with Crippen molar-refractivity contribution >= 4 is 44.4 Å². The maximum atomic E-state index is 11.6. The van der Waals surface area contributed by atoms with E-state index >= 15 is 0 Å². The minimum Gasteiger partial charge on any atom is -0.478 e. The van der Waals surface area contributed by atoms with E-state index in [2.05, 4.69) is 20.9 Å². The zero-order valence-corrected chi connectivity index (χ0v) is 13.9. The van der Waals surface area contributed by atoms with Gasteiger partial charge in [-0.3, -0.25) is 0 Å². The molecule has 1 N–H and O–H groups in total. The van der Waals surface area contributed by atoms with Crippen LogP contribution >= 0.6 is 27.5 Å². The fourth-order valence-corrected chi connectivity index (χ4v) is 2.93. The molecule has 110 valence electrons. The van der Waals surface area contributed by atoms with Gasteiger partial charge in [-0.1, -0.05) is 45.7 Å². The number of carbonyl (C=O) groups is 1. The number of aromatic nitrogens is 1. The van der Waals surface area contributed by atoms with Crippen LogP contribution in [0.2, 0.25) is 5.02 Å². The van der Waals surface area contributed by atoms with Gasteiger partial charge in [0.25, 0.3) is 0 Å². The Kier molecular flexibility index (Phi) is 3.89. The van der Waals surface area contributed by atoms with E-state index in [1.165, 1.54) is 0 Å². The van der Waals surface area contributed by atoms with E-state index in [9.17, 15) is 9.90 Å². The Morgan fingerprint density at radius 3 is 2.68 bits per heavy atom. The van der Waals surface area contributed by atoms with Crippen molar-refractivity contribution in [3.8, 4) is 11.3 Å². The van der Waals surface area contributed by atoms with Crippen molar-refractivity contribution in [2.24, 2.45) is 0 Å². The molecule has 0 aliphatic rings. The fourth-order valence-electron chi connectivity index (χ4n) is 2.38. The van der Waals surface area contributed by atoms with Crippen LogP contribution in [0.1, 0.15) is 15.9 Å². The first-order valence-corrected chi connectivity index (χ1v) is 7.73. The second kappa shape index (κ2) is 5.71. The van der Waals surface area contributed by atoms with Crippen LogP contribution in [-0.2, 0) is 0 Å². The number of rotatable bonds is 2. The Morgan fingerprint density at radius 2 is 2.00 bits per heavy atom. The van der Waals surface area contributed by atoms with Gasteiger partial charge < -0.3 is 5.11 Å². The van der Waals surface area contributed by atoms with Crippen LogP contribution in [0.25, 0.3) is 22.2 Å². The molecule has 0 aliphatic carbocycles. The Labute approximate surface area is 140 Å². The molecule has 0 amide bonds. The number of aromatic carboxylic acids is 1. The molecule has 0 aliphatic heterocycles. The lowest BCUT2D eigenvalue weighted by Crippen LogP contribution is -2.01. The maximum Gasteiger partial charge on any atom is 0.336 e. The summed E-state index contributed by atoms with van der Waals surface area (Å²) in [4.78, 5) is 16.2. The van der Waals surface area contributed by atoms with Gasteiger partial charge >= 0.3 is 5.97 Å². The topological polar surface area (TPSA) is 50.2 Å². The van der Waals surface area contributed by atoms with Crippen molar-refractivity contribution < 1.29 is 9.90 Å². The highest BCUT2D eigenvalue weighted by molar-refractivity contribution is 9.10. The molecular weight excluding hydrogens is 366 g/mol. The molecule has 0 saturated heterocycles. The average Bonchev–Trinajstić information content (AvgIpc) is 2.50. The monoisotopic (exact) mass is 375 g/mol. The number of aryl methyl sites for hydroxylation is 1. The smallest absolute Gasteiger partial charge is 0.336 e. The van der Waals surface area contributed by atoms with Crippen LogP contribution in [0.3, 0.4) is 0 Å². The molecule has 0 radical (unpaired) electrons. The number of nitrogens with zero attached hydrogens (tertiary/aromatic N) is 1. The summed E-state index contributed by atoms with van der Waals surface area (Å²) in [6.07, 6.45) is 0. The van der Waals surface area contributed by atoms with Crippen LogP contribution in [0.4, 0.5) is 0 Å². The predicted octanol–water partition coefficient (Wildman–Crippen LogP) is 5.32. The molecule has 0 atom stereocenters. The summed E-state index contributed by atoms with van der Waals surface area (Å²) >= 11 is 9.57.